The second kappa shape index (κ2) is 15.7. The Labute approximate surface area is 183 Å². The van der Waals surface area contributed by atoms with Crippen molar-refractivity contribution in [3.63, 3.8) is 0 Å². The molecule has 0 unspecified atom stereocenters. The number of benzene rings is 2. The molecule has 0 bridgehead atoms. The summed E-state index contributed by atoms with van der Waals surface area (Å²) in [6.07, 6.45) is 21.6. The third-order valence-corrected chi connectivity index (χ3v) is 5.62. The van der Waals surface area contributed by atoms with Crippen LogP contribution < -0.4 is 4.74 Å². The first-order valence-electron chi connectivity index (χ1n) is 12.1. The second-order valence-electron chi connectivity index (χ2n) is 8.29. The summed E-state index contributed by atoms with van der Waals surface area (Å²) >= 11 is 0. The van der Waals surface area contributed by atoms with Gasteiger partial charge in [0.05, 0.1) is 0 Å². The van der Waals surface area contributed by atoms with E-state index in [0.717, 1.165) is 23.6 Å². The molecule has 2 aromatic rings. The van der Waals surface area contributed by atoms with E-state index in [1.54, 1.807) is 0 Å². The van der Waals surface area contributed by atoms with E-state index in [1.807, 2.05) is 42.5 Å². The molecule has 0 aliphatic rings. The van der Waals surface area contributed by atoms with E-state index in [4.69, 9.17) is 4.74 Å². The van der Waals surface area contributed by atoms with Crippen LogP contribution in [0.5, 0.6) is 5.75 Å². The molecule has 2 rings (SSSR count). The van der Waals surface area contributed by atoms with Crippen molar-refractivity contribution in [2.45, 2.75) is 96.8 Å². The van der Waals surface area contributed by atoms with Gasteiger partial charge in [0.2, 0.25) is 0 Å². The zero-order chi connectivity index (χ0) is 21.3. The Morgan fingerprint density at radius 3 is 2.07 bits per heavy atom. The van der Waals surface area contributed by atoms with Gasteiger partial charge >= 0.3 is 5.97 Å². The van der Waals surface area contributed by atoms with Crippen molar-refractivity contribution in [2.75, 3.05) is 0 Å². The average molecular weight is 409 g/mol. The molecule has 0 amide bonds. The number of allylic oxidation sites excluding steroid dienone is 2. The molecule has 0 atom stereocenters. The Balaban J connectivity index is 1.45. The lowest BCUT2D eigenvalue weighted by atomic mass is 10.1. The lowest BCUT2D eigenvalue weighted by Gasteiger charge is -2.07. The van der Waals surface area contributed by atoms with Crippen molar-refractivity contribution in [1.29, 1.82) is 0 Å². The van der Waals surface area contributed by atoms with Crippen LogP contribution in [0.1, 0.15) is 96.8 Å². The third-order valence-electron chi connectivity index (χ3n) is 5.62. The van der Waals surface area contributed by atoms with Gasteiger partial charge < -0.3 is 4.74 Å². The van der Waals surface area contributed by atoms with E-state index in [9.17, 15) is 4.79 Å². The maximum Gasteiger partial charge on any atom is 0.311 e. The first kappa shape index (κ1) is 24.2. The van der Waals surface area contributed by atoms with Gasteiger partial charge in [-0.2, -0.15) is 0 Å². The predicted molar refractivity (Wildman–Crippen MR) is 129 cm³/mol. The SMILES string of the molecule is CCCCCCCC/C=C\CCCCCCCC(=O)Oc1cccc2ccccc12. The van der Waals surface area contributed by atoms with E-state index >= 15 is 0 Å². The molecule has 0 radical (unpaired) electrons. The summed E-state index contributed by atoms with van der Waals surface area (Å²) in [5, 5.41) is 2.10. The van der Waals surface area contributed by atoms with E-state index in [0.29, 0.717) is 12.2 Å². The monoisotopic (exact) mass is 408 g/mol. The van der Waals surface area contributed by atoms with Crippen LogP contribution in [0.15, 0.2) is 54.6 Å². The van der Waals surface area contributed by atoms with Crippen LogP contribution in [0.4, 0.5) is 0 Å². The van der Waals surface area contributed by atoms with Crippen molar-refractivity contribution < 1.29 is 9.53 Å². The van der Waals surface area contributed by atoms with Gasteiger partial charge in [0.1, 0.15) is 5.75 Å². The van der Waals surface area contributed by atoms with Crippen molar-refractivity contribution in [1.82, 2.24) is 0 Å². The zero-order valence-corrected chi connectivity index (χ0v) is 18.9. The zero-order valence-electron chi connectivity index (χ0n) is 18.9. The normalized spacial score (nSPS) is 11.4. The maximum absolute atomic E-state index is 12.2. The lowest BCUT2D eigenvalue weighted by Crippen LogP contribution is -2.07. The van der Waals surface area contributed by atoms with E-state index < -0.39 is 0 Å². The second-order valence-corrected chi connectivity index (χ2v) is 8.29. The number of esters is 1. The summed E-state index contributed by atoms with van der Waals surface area (Å²) in [7, 11) is 0. The highest BCUT2D eigenvalue weighted by atomic mass is 16.5. The Bertz CT molecular complexity index is 742. The Morgan fingerprint density at radius 2 is 1.33 bits per heavy atom. The number of carbonyl (C=O) groups is 1. The van der Waals surface area contributed by atoms with Gasteiger partial charge in [-0.1, -0.05) is 107 Å². The molecule has 0 saturated heterocycles. The van der Waals surface area contributed by atoms with Gasteiger partial charge in [-0.25, -0.2) is 0 Å². The summed E-state index contributed by atoms with van der Waals surface area (Å²) in [4.78, 5) is 12.2. The van der Waals surface area contributed by atoms with Crippen molar-refractivity contribution in [2.24, 2.45) is 0 Å². The van der Waals surface area contributed by atoms with Gasteiger partial charge in [0.25, 0.3) is 0 Å². The predicted octanol–water partition coefficient (Wildman–Crippen LogP) is 8.78. The summed E-state index contributed by atoms with van der Waals surface area (Å²) in [6, 6.07) is 13.9. The number of hydrogen-bond acceptors (Lipinski definition) is 2. The third kappa shape index (κ3) is 10.1. The van der Waals surface area contributed by atoms with Crippen LogP contribution in [0.25, 0.3) is 10.8 Å². The highest BCUT2D eigenvalue weighted by Gasteiger charge is 2.07. The topological polar surface area (TPSA) is 26.3 Å². The van der Waals surface area contributed by atoms with E-state index in [-0.39, 0.29) is 5.97 Å². The number of unbranched alkanes of at least 4 members (excludes halogenated alkanes) is 11. The number of carbonyl (C=O) groups excluding carboxylic acids is 1. The van der Waals surface area contributed by atoms with Gasteiger partial charge in [0, 0.05) is 11.8 Å². The van der Waals surface area contributed by atoms with Crippen molar-refractivity contribution in [3.8, 4) is 5.75 Å². The molecular weight excluding hydrogens is 368 g/mol. The minimum absolute atomic E-state index is 0.121. The van der Waals surface area contributed by atoms with Gasteiger partial charge in [0.15, 0.2) is 0 Å². The molecule has 0 aliphatic heterocycles. The van der Waals surface area contributed by atoms with Gasteiger partial charge in [-0.05, 0) is 43.6 Å². The standard InChI is InChI=1S/C28H40O2/c1-2-3-4-5-6-7-8-9-10-11-12-13-14-15-16-24-28(29)30-27-23-19-21-25-20-17-18-22-26(25)27/h9-10,17-23H,2-8,11-16,24H2,1H3/b10-9-. The fraction of sp³-hybridized carbons (Fsp3) is 0.536. The largest absolute Gasteiger partial charge is 0.426 e. The minimum atomic E-state index is -0.121. The molecule has 164 valence electrons. The first-order valence-corrected chi connectivity index (χ1v) is 12.1. The number of ether oxygens (including phenoxy) is 1. The van der Waals surface area contributed by atoms with Crippen LogP contribution in [0.2, 0.25) is 0 Å². The Kier molecular flexibility index (Phi) is 12.7. The van der Waals surface area contributed by atoms with Crippen molar-refractivity contribution >= 4 is 16.7 Å². The number of hydrogen-bond donors (Lipinski definition) is 0. The summed E-state index contributed by atoms with van der Waals surface area (Å²) in [5.41, 5.74) is 0. The van der Waals surface area contributed by atoms with Gasteiger partial charge in [-0.3, -0.25) is 4.79 Å². The Morgan fingerprint density at radius 1 is 0.733 bits per heavy atom. The highest BCUT2D eigenvalue weighted by Crippen LogP contribution is 2.25. The van der Waals surface area contributed by atoms with E-state index in [1.165, 1.54) is 70.6 Å². The molecule has 2 aromatic carbocycles. The molecule has 0 spiro atoms. The fourth-order valence-corrected chi connectivity index (χ4v) is 3.80. The van der Waals surface area contributed by atoms with E-state index in [2.05, 4.69) is 19.1 Å². The highest BCUT2D eigenvalue weighted by molar-refractivity contribution is 5.90. The van der Waals surface area contributed by atoms with Crippen LogP contribution in [0.3, 0.4) is 0 Å². The molecular formula is C28H40O2. The maximum atomic E-state index is 12.2. The number of fused-ring (bicyclic) bond motifs is 1. The quantitative estimate of drug-likeness (QED) is 0.120. The summed E-state index contributed by atoms with van der Waals surface area (Å²) in [6.45, 7) is 2.27. The van der Waals surface area contributed by atoms with Crippen LogP contribution in [0, 0.1) is 0 Å². The lowest BCUT2D eigenvalue weighted by molar-refractivity contribution is -0.134. The molecule has 0 N–H and O–H groups in total. The first-order chi connectivity index (χ1) is 14.8. The molecule has 2 heteroatoms. The fourth-order valence-electron chi connectivity index (χ4n) is 3.80. The average Bonchev–Trinajstić information content (AvgIpc) is 2.76. The molecule has 0 saturated carbocycles. The smallest absolute Gasteiger partial charge is 0.311 e. The molecule has 0 heterocycles. The summed E-state index contributed by atoms with van der Waals surface area (Å²) in [5.74, 6) is 0.551. The van der Waals surface area contributed by atoms with Gasteiger partial charge in [-0.15, -0.1) is 0 Å². The minimum Gasteiger partial charge on any atom is -0.426 e. The molecule has 30 heavy (non-hydrogen) atoms. The number of rotatable bonds is 16. The van der Waals surface area contributed by atoms with Crippen LogP contribution in [-0.4, -0.2) is 5.97 Å². The molecule has 0 aromatic heterocycles. The molecule has 0 fully saturated rings. The van der Waals surface area contributed by atoms with Crippen LogP contribution >= 0.6 is 0 Å². The molecule has 2 nitrogen and oxygen atoms in total. The summed E-state index contributed by atoms with van der Waals surface area (Å²) < 4.78 is 5.60. The molecule has 0 aliphatic carbocycles. The van der Waals surface area contributed by atoms with Crippen LogP contribution in [-0.2, 0) is 4.79 Å². The van der Waals surface area contributed by atoms with Crippen molar-refractivity contribution in [3.05, 3.63) is 54.6 Å². The Hall–Kier alpha value is -2.09.